The van der Waals surface area contributed by atoms with E-state index in [1.54, 1.807) is 36.4 Å². The maximum absolute atomic E-state index is 12.8. The minimum Gasteiger partial charge on any atom is -0.467 e. The van der Waals surface area contributed by atoms with Crippen molar-refractivity contribution in [2.75, 3.05) is 11.9 Å². The molecule has 8 nitrogen and oxygen atoms in total. The zero-order valence-electron chi connectivity index (χ0n) is 18.4. The molecule has 2 aromatic carbocycles. The average molecular weight is 519 g/mol. The molecule has 0 radical (unpaired) electrons. The fourth-order valence-electron chi connectivity index (χ4n) is 3.45. The van der Waals surface area contributed by atoms with Crippen LogP contribution in [0.1, 0.15) is 29.3 Å². The molecule has 0 unspecified atom stereocenters. The van der Waals surface area contributed by atoms with Crippen molar-refractivity contribution in [1.82, 2.24) is 5.01 Å². The van der Waals surface area contributed by atoms with E-state index in [1.807, 2.05) is 0 Å². The number of nitrogens with one attached hydrogen (secondary N) is 1. The van der Waals surface area contributed by atoms with E-state index in [4.69, 9.17) is 20.9 Å². The Balaban J connectivity index is 1.37. The van der Waals surface area contributed by atoms with Crippen LogP contribution in [0.4, 0.5) is 18.9 Å². The number of furan rings is 1. The predicted octanol–water partition coefficient (Wildman–Crippen LogP) is 5.27. The SMILES string of the molecule is O=C(/C=N\OCC(=O)N1N=C(c2ccc(Cl)cc2)C[C@@H]1c1ccco1)Nc1cccc(C(F)(F)F)c1. The first kappa shape index (κ1) is 25.0. The van der Waals surface area contributed by atoms with Crippen LogP contribution in [-0.2, 0) is 20.6 Å². The molecule has 0 saturated heterocycles. The van der Waals surface area contributed by atoms with Crippen LogP contribution in [0.2, 0.25) is 5.02 Å². The van der Waals surface area contributed by atoms with Crippen LogP contribution in [0.5, 0.6) is 0 Å². The summed E-state index contributed by atoms with van der Waals surface area (Å²) in [7, 11) is 0. The number of benzene rings is 2. The number of hydrogen-bond acceptors (Lipinski definition) is 6. The highest BCUT2D eigenvalue weighted by Crippen LogP contribution is 2.33. The first-order valence-corrected chi connectivity index (χ1v) is 10.9. The quantitative estimate of drug-likeness (QED) is 0.340. The van der Waals surface area contributed by atoms with Crippen LogP contribution >= 0.6 is 11.6 Å². The molecular weight excluding hydrogens is 501 g/mol. The van der Waals surface area contributed by atoms with Gasteiger partial charge in [-0.15, -0.1) is 0 Å². The third-order valence-electron chi connectivity index (χ3n) is 5.10. The monoisotopic (exact) mass is 518 g/mol. The van der Waals surface area contributed by atoms with Gasteiger partial charge in [-0.3, -0.25) is 9.59 Å². The number of amides is 2. The molecule has 1 atom stereocenters. The lowest BCUT2D eigenvalue weighted by molar-refractivity contribution is -0.138. The fraction of sp³-hybridized carbons (Fsp3) is 0.167. The van der Waals surface area contributed by atoms with E-state index in [2.05, 4.69) is 15.6 Å². The molecule has 4 rings (SSSR count). The number of oxime groups is 1. The largest absolute Gasteiger partial charge is 0.467 e. The van der Waals surface area contributed by atoms with Gasteiger partial charge < -0.3 is 14.6 Å². The normalized spacial score (nSPS) is 15.7. The van der Waals surface area contributed by atoms with E-state index in [0.717, 1.165) is 23.8 Å². The Morgan fingerprint density at radius 1 is 1.19 bits per heavy atom. The van der Waals surface area contributed by atoms with Crippen LogP contribution in [0.15, 0.2) is 81.6 Å². The summed E-state index contributed by atoms with van der Waals surface area (Å²) in [4.78, 5) is 29.7. The van der Waals surface area contributed by atoms with Gasteiger partial charge in [0.05, 0.1) is 17.5 Å². The number of hydrazone groups is 1. The van der Waals surface area contributed by atoms with Gasteiger partial charge in [0.15, 0.2) is 6.61 Å². The molecule has 0 aliphatic carbocycles. The summed E-state index contributed by atoms with van der Waals surface area (Å²) in [5.41, 5.74) is 0.455. The zero-order chi connectivity index (χ0) is 25.7. The van der Waals surface area contributed by atoms with Crippen molar-refractivity contribution in [2.24, 2.45) is 10.3 Å². The van der Waals surface area contributed by atoms with Gasteiger partial charge in [0, 0.05) is 17.1 Å². The van der Waals surface area contributed by atoms with Crippen LogP contribution in [-0.4, -0.2) is 35.4 Å². The van der Waals surface area contributed by atoms with Crippen molar-refractivity contribution in [2.45, 2.75) is 18.6 Å². The zero-order valence-corrected chi connectivity index (χ0v) is 19.2. The molecule has 12 heteroatoms. The minimum absolute atomic E-state index is 0.0697. The lowest BCUT2D eigenvalue weighted by Crippen LogP contribution is -2.29. The number of carbonyl (C=O) groups is 2. The summed E-state index contributed by atoms with van der Waals surface area (Å²) in [6, 6.07) is 14.1. The first-order valence-electron chi connectivity index (χ1n) is 10.5. The average Bonchev–Trinajstić information content (AvgIpc) is 3.52. The third kappa shape index (κ3) is 6.11. The van der Waals surface area contributed by atoms with E-state index < -0.39 is 36.2 Å². The van der Waals surface area contributed by atoms with Crippen LogP contribution in [0.3, 0.4) is 0 Å². The highest BCUT2D eigenvalue weighted by molar-refractivity contribution is 6.31. The van der Waals surface area contributed by atoms with Gasteiger partial charge in [0.1, 0.15) is 18.0 Å². The molecule has 0 bridgehead atoms. The fourth-order valence-corrected chi connectivity index (χ4v) is 3.58. The summed E-state index contributed by atoms with van der Waals surface area (Å²) in [5, 5.41) is 11.9. The summed E-state index contributed by atoms with van der Waals surface area (Å²) < 4.78 is 43.9. The van der Waals surface area contributed by atoms with Crippen molar-refractivity contribution in [3.63, 3.8) is 0 Å². The van der Waals surface area contributed by atoms with Crippen molar-refractivity contribution in [3.05, 3.63) is 88.8 Å². The van der Waals surface area contributed by atoms with Crippen molar-refractivity contribution in [1.29, 1.82) is 0 Å². The van der Waals surface area contributed by atoms with Crippen molar-refractivity contribution < 1.29 is 32.0 Å². The smallest absolute Gasteiger partial charge is 0.416 e. The number of carbonyl (C=O) groups excluding carboxylic acids is 2. The topological polar surface area (TPSA) is 96.5 Å². The molecule has 3 aromatic rings. The standard InChI is InChI=1S/C24H18ClF3N4O4/c25-17-8-6-15(7-9-17)19-12-20(21-5-2-10-35-21)32(31-19)23(34)14-36-29-13-22(33)30-18-4-1-3-16(11-18)24(26,27)28/h1-11,13,20H,12,14H2,(H,30,33)/b29-13-/t20-/m1/s1. The van der Waals surface area contributed by atoms with Crippen LogP contribution < -0.4 is 5.32 Å². The Bertz CT molecular complexity index is 1290. The number of nitrogens with zero attached hydrogens (tertiary/aromatic N) is 3. The highest BCUT2D eigenvalue weighted by atomic mass is 35.5. The first-order chi connectivity index (χ1) is 17.2. The highest BCUT2D eigenvalue weighted by Gasteiger charge is 2.35. The molecule has 2 amide bonds. The molecule has 36 heavy (non-hydrogen) atoms. The third-order valence-corrected chi connectivity index (χ3v) is 5.36. The van der Waals surface area contributed by atoms with Gasteiger partial charge in [-0.05, 0) is 48.0 Å². The minimum atomic E-state index is -4.54. The van der Waals surface area contributed by atoms with E-state index in [0.29, 0.717) is 29.1 Å². The van der Waals surface area contributed by atoms with Crippen molar-refractivity contribution >= 4 is 41.0 Å². The van der Waals surface area contributed by atoms with Gasteiger partial charge in [0.25, 0.3) is 11.8 Å². The number of halogens is 4. The molecule has 1 aliphatic rings. The van der Waals surface area contributed by atoms with Gasteiger partial charge in [-0.1, -0.05) is 35.0 Å². The van der Waals surface area contributed by atoms with Gasteiger partial charge in [0.2, 0.25) is 0 Å². The Morgan fingerprint density at radius 2 is 1.97 bits per heavy atom. The number of rotatable bonds is 7. The van der Waals surface area contributed by atoms with Gasteiger partial charge in [-0.2, -0.15) is 18.3 Å². The maximum atomic E-state index is 12.8. The predicted molar refractivity (Wildman–Crippen MR) is 125 cm³/mol. The molecule has 1 aliphatic heterocycles. The molecule has 1 N–H and O–H groups in total. The molecule has 2 heterocycles. The molecule has 1 aromatic heterocycles. The number of alkyl halides is 3. The molecule has 186 valence electrons. The summed E-state index contributed by atoms with van der Waals surface area (Å²) in [6.45, 7) is -0.540. The molecule has 0 spiro atoms. The van der Waals surface area contributed by atoms with Gasteiger partial charge in [-0.25, -0.2) is 5.01 Å². The van der Waals surface area contributed by atoms with E-state index in [-0.39, 0.29) is 5.69 Å². The van der Waals surface area contributed by atoms with Crippen LogP contribution in [0, 0.1) is 0 Å². The van der Waals surface area contributed by atoms with E-state index in [1.165, 1.54) is 17.3 Å². The lowest BCUT2D eigenvalue weighted by atomic mass is 10.0. The molecule has 0 saturated carbocycles. The second kappa shape index (κ2) is 10.6. The number of hydrogen-bond donors (Lipinski definition) is 1. The second-order valence-electron chi connectivity index (χ2n) is 7.60. The molecule has 0 fully saturated rings. The van der Waals surface area contributed by atoms with Crippen molar-refractivity contribution in [3.8, 4) is 0 Å². The summed E-state index contributed by atoms with van der Waals surface area (Å²) in [5.74, 6) is -0.852. The number of anilines is 1. The molecular formula is C24H18ClF3N4O4. The Labute approximate surface area is 208 Å². The summed E-state index contributed by atoms with van der Waals surface area (Å²) >= 11 is 5.95. The lowest BCUT2D eigenvalue weighted by Gasteiger charge is -2.19. The second-order valence-corrected chi connectivity index (χ2v) is 8.04. The Kier molecular flexibility index (Phi) is 7.39. The van der Waals surface area contributed by atoms with E-state index >= 15 is 0 Å². The Hall–Kier alpha value is -4.12. The van der Waals surface area contributed by atoms with Crippen LogP contribution in [0.25, 0.3) is 0 Å². The summed E-state index contributed by atoms with van der Waals surface area (Å²) in [6.07, 6.45) is -1.95. The van der Waals surface area contributed by atoms with E-state index in [9.17, 15) is 22.8 Å². The Morgan fingerprint density at radius 3 is 2.67 bits per heavy atom. The maximum Gasteiger partial charge on any atom is 0.416 e. The van der Waals surface area contributed by atoms with Gasteiger partial charge >= 0.3 is 6.18 Å².